The van der Waals surface area contributed by atoms with Gasteiger partial charge in [0.25, 0.3) is 0 Å². The highest BCUT2D eigenvalue weighted by atomic mass is 16.6. The van der Waals surface area contributed by atoms with Gasteiger partial charge in [0.1, 0.15) is 0 Å². The van der Waals surface area contributed by atoms with Crippen molar-refractivity contribution in [1.29, 1.82) is 0 Å². The first kappa shape index (κ1) is 7.19. The van der Waals surface area contributed by atoms with Crippen LogP contribution in [-0.2, 0) is 0 Å². The molecule has 0 radical (unpaired) electrons. The van der Waals surface area contributed by atoms with Gasteiger partial charge in [0.15, 0.2) is 6.20 Å². The topological polar surface area (TPSA) is 103 Å². The van der Waals surface area contributed by atoms with Crippen LogP contribution in [0.2, 0.25) is 0 Å². The Morgan fingerprint density at radius 1 is 1.73 bits per heavy atom. The lowest BCUT2D eigenvalue weighted by atomic mass is 10.6. The Balaban J connectivity index is 3.15. The Morgan fingerprint density at radius 2 is 2.36 bits per heavy atom. The summed E-state index contributed by atoms with van der Waals surface area (Å²) in [6.45, 7) is 0. The van der Waals surface area contributed by atoms with Crippen LogP contribution in [0.1, 0.15) is 0 Å². The first-order valence-corrected chi connectivity index (χ1v) is 2.54. The van der Waals surface area contributed by atoms with E-state index in [4.69, 9.17) is 5.11 Å². The van der Waals surface area contributed by atoms with Crippen LogP contribution in [0.4, 0.5) is 5.69 Å². The molecule has 0 aliphatic carbocycles. The number of aromatic nitrogens is 2. The third-order valence-corrected chi connectivity index (χ3v) is 0.970. The summed E-state index contributed by atoms with van der Waals surface area (Å²) in [5.41, 5.74) is -0.460. The molecule has 0 unspecified atom stereocenters. The lowest BCUT2D eigenvalue weighted by Gasteiger charge is -1.97. The Hall–Kier alpha value is -1.92. The molecule has 0 spiro atoms. The summed E-state index contributed by atoms with van der Waals surface area (Å²) in [6.07, 6.45) is 1.42. The summed E-state index contributed by atoms with van der Waals surface area (Å²) in [6, 6.07) is -0.810. The van der Waals surface area contributed by atoms with Gasteiger partial charge < -0.3 is 10.3 Å². The van der Waals surface area contributed by atoms with Crippen molar-refractivity contribution in [3.63, 3.8) is 0 Å². The summed E-state index contributed by atoms with van der Waals surface area (Å²) in [5, 5.41) is 29.0. The second kappa shape index (κ2) is 2.37. The normalized spacial score (nSPS) is 9.45. The smallest absolute Gasteiger partial charge is 0.499 e. The molecule has 0 saturated carbocycles. The van der Waals surface area contributed by atoms with Crippen molar-refractivity contribution in [2.45, 2.75) is 0 Å². The molecular formula is C4H3N3O4. The SMILES string of the molecule is O=[N+]([O-])c1cnc(O)[n+]([O-])c1. The molecule has 1 aromatic rings. The van der Waals surface area contributed by atoms with Crippen molar-refractivity contribution in [2.24, 2.45) is 0 Å². The predicted molar refractivity (Wildman–Crippen MR) is 31.5 cm³/mol. The molecule has 0 aliphatic rings. The number of rotatable bonds is 1. The second-order valence-corrected chi connectivity index (χ2v) is 1.70. The van der Waals surface area contributed by atoms with E-state index < -0.39 is 16.6 Å². The number of hydrogen-bond donors (Lipinski definition) is 1. The van der Waals surface area contributed by atoms with Crippen molar-refractivity contribution in [3.8, 4) is 6.01 Å². The van der Waals surface area contributed by atoms with Crippen molar-refractivity contribution in [1.82, 2.24) is 4.98 Å². The van der Waals surface area contributed by atoms with E-state index in [2.05, 4.69) is 4.98 Å². The number of hydrogen-bond acceptors (Lipinski definition) is 5. The van der Waals surface area contributed by atoms with Crippen LogP contribution >= 0.6 is 0 Å². The largest absolute Gasteiger partial charge is 0.708 e. The molecule has 1 N–H and O–H groups in total. The zero-order valence-corrected chi connectivity index (χ0v) is 5.17. The van der Waals surface area contributed by atoms with Crippen LogP contribution in [0.25, 0.3) is 0 Å². The van der Waals surface area contributed by atoms with Gasteiger partial charge in [-0.2, -0.15) is 4.73 Å². The summed E-state index contributed by atoms with van der Waals surface area (Å²) >= 11 is 0. The zero-order chi connectivity index (χ0) is 8.43. The Labute approximate surface area is 60.3 Å². The van der Waals surface area contributed by atoms with E-state index >= 15 is 0 Å². The van der Waals surface area contributed by atoms with Crippen LogP contribution in [0.15, 0.2) is 12.4 Å². The minimum Gasteiger partial charge on any atom is -0.708 e. The van der Waals surface area contributed by atoms with Crippen molar-refractivity contribution >= 4 is 5.69 Å². The maximum atomic E-state index is 10.4. The van der Waals surface area contributed by atoms with Gasteiger partial charge in [0.2, 0.25) is 6.20 Å². The Bertz CT molecular complexity index is 299. The molecule has 0 atom stereocenters. The number of nitrogens with zero attached hydrogens (tertiary/aromatic N) is 3. The minimum absolute atomic E-state index is 0.0852. The monoisotopic (exact) mass is 157 g/mol. The molecule has 7 nitrogen and oxygen atoms in total. The fraction of sp³-hybridized carbons (Fsp3) is 0. The third kappa shape index (κ3) is 1.31. The zero-order valence-electron chi connectivity index (χ0n) is 5.17. The van der Waals surface area contributed by atoms with Crippen molar-refractivity contribution in [2.75, 3.05) is 0 Å². The molecule has 58 valence electrons. The summed E-state index contributed by atoms with van der Waals surface area (Å²) in [5.74, 6) is 0. The van der Waals surface area contributed by atoms with Gasteiger partial charge in [-0.05, 0) is 4.98 Å². The van der Waals surface area contributed by atoms with Gasteiger partial charge in [-0.1, -0.05) is 0 Å². The van der Waals surface area contributed by atoms with Crippen LogP contribution in [-0.4, -0.2) is 15.0 Å². The molecule has 1 rings (SSSR count). The average Bonchev–Trinajstić information content (AvgIpc) is 1.94. The molecule has 1 heterocycles. The quantitative estimate of drug-likeness (QED) is 0.252. The maximum absolute atomic E-state index is 10.4. The highest BCUT2D eigenvalue weighted by Crippen LogP contribution is 2.05. The van der Waals surface area contributed by atoms with E-state index in [0.29, 0.717) is 6.20 Å². The van der Waals surface area contributed by atoms with Gasteiger partial charge in [0.05, 0.1) is 4.92 Å². The van der Waals surface area contributed by atoms with Gasteiger partial charge in [-0.15, -0.1) is 0 Å². The molecule has 11 heavy (non-hydrogen) atoms. The summed E-state index contributed by atoms with van der Waals surface area (Å²) < 4.78 is -0.0852. The number of aromatic hydroxyl groups is 1. The van der Waals surface area contributed by atoms with Gasteiger partial charge in [-0.3, -0.25) is 10.1 Å². The standard InChI is InChI=1S/C4H3N3O4/c8-4-5-1-3(7(10)11)2-6(4)9/h1-2H,(H,5,8). The predicted octanol–water partition coefficient (Wildman–Crippen LogP) is -0.671. The molecule has 0 amide bonds. The van der Waals surface area contributed by atoms with Crippen LogP contribution in [0.5, 0.6) is 6.01 Å². The lowest BCUT2D eigenvalue weighted by molar-refractivity contribution is -0.621. The fourth-order valence-corrected chi connectivity index (χ4v) is 0.486. The van der Waals surface area contributed by atoms with E-state index in [0.717, 1.165) is 6.20 Å². The van der Waals surface area contributed by atoms with Gasteiger partial charge >= 0.3 is 11.7 Å². The van der Waals surface area contributed by atoms with Crippen LogP contribution in [0, 0.1) is 15.3 Å². The first-order chi connectivity index (χ1) is 5.11. The van der Waals surface area contributed by atoms with Crippen LogP contribution < -0.4 is 4.73 Å². The molecule has 0 aromatic carbocycles. The Kier molecular flexibility index (Phi) is 1.55. The van der Waals surface area contributed by atoms with E-state index in [9.17, 15) is 15.3 Å². The van der Waals surface area contributed by atoms with E-state index in [1.165, 1.54) is 0 Å². The average molecular weight is 157 g/mol. The van der Waals surface area contributed by atoms with E-state index in [-0.39, 0.29) is 4.73 Å². The maximum Gasteiger partial charge on any atom is 0.499 e. The summed E-state index contributed by atoms with van der Waals surface area (Å²) in [4.78, 5) is 12.3. The van der Waals surface area contributed by atoms with Crippen molar-refractivity contribution < 1.29 is 14.8 Å². The lowest BCUT2D eigenvalue weighted by Crippen LogP contribution is -2.26. The highest BCUT2D eigenvalue weighted by molar-refractivity contribution is 5.18. The molecule has 0 bridgehead atoms. The molecule has 7 heteroatoms. The van der Waals surface area contributed by atoms with Gasteiger partial charge in [0, 0.05) is 0 Å². The molecule has 0 fully saturated rings. The second-order valence-electron chi connectivity index (χ2n) is 1.70. The molecular weight excluding hydrogens is 154 g/mol. The van der Waals surface area contributed by atoms with Crippen LogP contribution in [0.3, 0.4) is 0 Å². The van der Waals surface area contributed by atoms with E-state index in [1.54, 1.807) is 0 Å². The molecule has 0 aliphatic heterocycles. The fourth-order valence-electron chi connectivity index (χ4n) is 0.486. The first-order valence-electron chi connectivity index (χ1n) is 2.54. The highest BCUT2D eigenvalue weighted by Gasteiger charge is 2.13. The van der Waals surface area contributed by atoms with E-state index in [1.807, 2.05) is 0 Å². The van der Waals surface area contributed by atoms with Gasteiger partial charge in [-0.25, -0.2) is 0 Å². The third-order valence-electron chi connectivity index (χ3n) is 0.970. The molecule has 1 aromatic heterocycles. The summed E-state index contributed by atoms with van der Waals surface area (Å²) in [7, 11) is 0. The number of nitro groups is 1. The Morgan fingerprint density at radius 3 is 2.82 bits per heavy atom. The van der Waals surface area contributed by atoms with Crippen molar-refractivity contribution in [3.05, 3.63) is 27.7 Å². The minimum atomic E-state index is -0.810. The molecule has 0 saturated heterocycles.